The molecule has 27 heavy (non-hydrogen) atoms. The van der Waals surface area contributed by atoms with Crippen molar-refractivity contribution in [2.24, 2.45) is 0 Å². The van der Waals surface area contributed by atoms with E-state index in [2.05, 4.69) is 10.4 Å². The van der Waals surface area contributed by atoms with Crippen LogP contribution in [-0.4, -0.2) is 37.0 Å². The number of carbonyl (C=O) groups is 1. The highest BCUT2D eigenvalue weighted by Gasteiger charge is 2.19. The molecule has 3 aromatic rings. The highest BCUT2D eigenvalue weighted by Crippen LogP contribution is 2.22. The van der Waals surface area contributed by atoms with Crippen molar-refractivity contribution in [3.8, 4) is 11.4 Å². The van der Waals surface area contributed by atoms with Gasteiger partial charge in [0.15, 0.2) is 15.5 Å². The van der Waals surface area contributed by atoms with Crippen LogP contribution >= 0.6 is 0 Å². The average Bonchev–Trinajstić information content (AvgIpc) is 3.19. The number of anilines is 1. The molecule has 0 aliphatic heterocycles. The molecule has 0 spiro atoms. The van der Waals surface area contributed by atoms with Crippen LogP contribution in [0.25, 0.3) is 5.69 Å². The van der Waals surface area contributed by atoms with Crippen molar-refractivity contribution in [1.29, 1.82) is 0 Å². The van der Waals surface area contributed by atoms with Gasteiger partial charge in [-0.05, 0) is 42.5 Å². The van der Waals surface area contributed by atoms with Crippen LogP contribution in [0.15, 0.2) is 65.7 Å². The average molecular weight is 385 g/mol. The predicted octanol–water partition coefficient (Wildman–Crippen LogP) is 2.93. The second-order valence-corrected chi connectivity index (χ2v) is 7.94. The Morgan fingerprint density at radius 1 is 1.11 bits per heavy atom. The first-order chi connectivity index (χ1) is 12.9. The maximum absolute atomic E-state index is 12.5. The Labute approximate surface area is 157 Å². The summed E-state index contributed by atoms with van der Waals surface area (Å²) in [6.07, 6.45) is 1.66. The molecule has 0 aliphatic rings. The first kappa shape index (κ1) is 18.7. The second-order valence-electron chi connectivity index (χ2n) is 5.70. The number of sulfone groups is 1. The molecule has 1 N–H and O–H groups in total. The fourth-order valence-corrected chi connectivity index (χ4v) is 3.56. The molecule has 0 saturated heterocycles. The summed E-state index contributed by atoms with van der Waals surface area (Å²) in [6.45, 7) is 1.56. The number of methoxy groups -OCH3 is 1. The van der Waals surface area contributed by atoms with Gasteiger partial charge in [0.2, 0.25) is 0 Å². The van der Waals surface area contributed by atoms with E-state index < -0.39 is 15.7 Å². The highest BCUT2D eigenvalue weighted by atomic mass is 32.2. The van der Waals surface area contributed by atoms with Crippen LogP contribution in [0.5, 0.6) is 5.75 Å². The summed E-state index contributed by atoms with van der Waals surface area (Å²) >= 11 is 0. The van der Waals surface area contributed by atoms with Gasteiger partial charge in [-0.3, -0.25) is 4.79 Å². The number of carbonyl (C=O) groups excluding carboxylic acids is 1. The lowest BCUT2D eigenvalue weighted by Crippen LogP contribution is -2.16. The Bertz CT molecular complexity index is 1060. The number of rotatable bonds is 6. The Kier molecular flexibility index (Phi) is 5.27. The van der Waals surface area contributed by atoms with Crippen LogP contribution in [0.1, 0.15) is 17.4 Å². The normalized spacial score (nSPS) is 11.2. The van der Waals surface area contributed by atoms with Crippen molar-refractivity contribution < 1.29 is 17.9 Å². The third kappa shape index (κ3) is 4.01. The van der Waals surface area contributed by atoms with Crippen molar-refractivity contribution in [2.75, 3.05) is 18.2 Å². The summed E-state index contributed by atoms with van der Waals surface area (Å²) in [7, 11) is -1.87. The van der Waals surface area contributed by atoms with Gasteiger partial charge in [0.05, 0.1) is 29.1 Å². The van der Waals surface area contributed by atoms with Crippen LogP contribution in [0.2, 0.25) is 0 Å². The molecule has 0 fully saturated rings. The molecular formula is C19H19N3O4S. The minimum atomic E-state index is -3.45. The Morgan fingerprint density at radius 3 is 2.48 bits per heavy atom. The fourth-order valence-electron chi connectivity index (χ4n) is 2.51. The molecule has 1 heterocycles. The quantitative estimate of drug-likeness (QED) is 0.705. The molecular weight excluding hydrogens is 366 g/mol. The first-order valence-corrected chi connectivity index (χ1v) is 9.93. The molecule has 0 saturated carbocycles. The number of nitrogens with zero attached hydrogens (tertiary/aromatic N) is 2. The van der Waals surface area contributed by atoms with E-state index >= 15 is 0 Å². The summed E-state index contributed by atoms with van der Waals surface area (Å²) in [5.74, 6) is 0.185. The van der Waals surface area contributed by atoms with Gasteiger partial charge in [0.25, 0.3) is 5.91 Å². The number of hydrogen-bond donors (Lipinski definition) is 1. The Morgan fingerprint density at radius 2 is 1.81 bits per heavy atom. The number of nitrogens with one attached hydrogen (secondary N) is 1. The third-order valence-corrected chi connectivity index (χ3v) is 5.80. The fraction of sp³-hybridized carbons (Fsp3) is 0.158. The zero-order valence-electron chi connectivity index (χ0n) is 14.9. The van der Waals surface area contributed by atoms with Crippen molar-refractivity contribution in [2.45, 2.75) is 11.8 Å². The molecule has 2 aromatic carbocycles. The van der Waals surface area contributed by atoms with Crippen LogP contribution in [0.3, 0.4) is 0 Å². The topological polar surface area (TPSA) is 90.3 Å². The van der Waals surface area contributed by atoms with Crippen molar-refractivity contribution >= 4 is 21.4 Å². The van der Waals surface area contributed by atoms with E-state index in [-0.39, 0.29) is 22.0 Å². The van der Waals surface area contributed by atoms with Crippen molar-refractivity contribution in [3.63, 3.8) is 0 Å². The molecule has 1 aromatic heterocycles. The molecule has 140 valence electrons. The van der Waals surface area contributed by atoms with Crippen LogP contribution < -0.4 is 10.1 Å². The van der Waals surface area contributed by atoms with Gasteiger partial charge in [0.1, 0.15) is 5.75 Å². The zero-order chi connectivity index (χ0) is 19.4. The molecule has 0 aliphatic carbocycles. The Hall–Kier alpha value is -3.13. The SMILES string of the molecule is CCS(=O)(=O)c1ccccc1NC(=O)c1ccn(-c2ccc(OC)cc2)n1. The molecule has 0 radical (unpaired) electrons. The number of hydrogen-bond acceptors (Lipinski definition) is 5. The molecule has 1 amide bonds. The van der Waals surface area contributed by atoms with Crippen molar-refractivity contribution in [1.82, 2.24) is 9.78 Å². The van der Waals surface area contributed by atoms with Gasteiger partial charge >= 0.3 is 0 Å². The summed E-state index contributed by atoms with van der Waals surface area (Å²) in [5, 5.41) is 6.89. The van der Waals surface area contributed by atoms with Crippen LogP contribution in [0.4, 0.5) is 5.69 Å². The van der Waals surface area contributed by atoms with E-state index in [1.165, 1.54) is 6.07 Å². The molecule has 8 heteroatoms. The molecule has 0 unspecified atom stereocenters. The monoisotopic (exact) mass is 385 g/mol. The number of aromatic nitrogens is 2. The third-order valence-electron chi connectivity index (χ3n) is 4.01. The molecule has 3 rings (SSSR count). The predicted molar refractivity (Wildman–Crippen MR) is 102 cm³/mol. The zero-order valence-corrected chi connectivity index (χ0v) is 15.7. The van der Waals surface area contributed by atoms with Crippen molar-refractivity contribution in [3.05, 3.63) is 66.5 Å². The number of benzene rings is 2. The number of amides is 1. The van der Waals surface area contributed by atoms with E-state index in [1.54, 1.807) is 61.3 Å². The lowest BCUT2D eigenvalue weighted by atomic mass is 10.3. The van der Waals surface area contributed by atoms with Gasteiger partial charge in [-0.2, -0.15) is 5.10 Å². The standard InChI is InChI=1S/C19H19N3O4S/c1-3-27(24,25)18-7-5-4-6-16(18)20-19(23)17-12-13-22(21-17)14-8-10-15(26-2)11-9-14/h4-13H,3H2,1-2H3,(H,20,23). The van der Waals surface area contributed by atoms with E-state index in [0.717, 1.165) is 11.4 Å². The Balaban J connectivity index is 1.83. The van der Waals surface area contributed by atoms with E-state index in [4.69, 9.17) is 4.74 Å². The summed E-state index contributed by atoms with van der Waals surface area (Å²) < 4.78 is 31.1. The lowest BCUT2D eigenvalue weighted by Gasteiger charge is -2.09. The van der Waals surface area contributed by atoms with E-state index in [9.17, 15) is 13.2 Å². The van der Waals surface area contributed by atoms with Gasteiger partial charge in [-0.25, -0.2) is 13.1 Å². The number of para-hydroxylation sites is 1. The van der Waals surface area contributed by atoms with E-state index in [0.29, 0.717) is 0 Å². The van der Waals surface area contributed by atoms with Gasteiger partial charge in [-0.15, -0.1) is 0 Å². The number of ether oxygens (including phenoxy) is 1. The van der Waals surface area contributed by atoms with Gasteiger partial charge in [0, 0.05) is 6.20 Å². The second kappa shape index (κ2) is 7.63. The lowest BCUT2D eigenvalue weighted by molar-refractivity contribution is 0.102. The minimum Gasteiger partial charge on any atom is -0.497 e. The van der Waals surface area contributed by atoms with Crippen LogP contribution in [-0.2, 0) is 9.84 Å². The molecule has 7 nitrogen and oxygen atoms in total. The summed E-state index contributed by atoms with van der Waals surface area (Å²) in [4.78, 5) is 12.6. The van der Waals surface area contributed by atoms with Crippen LogP contribution in [0, 0.1) is 0 Å². The highest BCUT2D eigenvalue weighted by molar-refractivity contribution is 7.91. The van der Waals surface area contributed by atoms with E-state index in [1.807, 2.05) is 12.1 Å². The maximum atomic E-state index is 12.5. The van der Waals surface area contributed by atoms with Gasteiger partial charge < -0.3 is 10.1 Å². The molecule has 0 atom stereocenters. The largest absolute Gasteiger partial charge is 0.497 e. The van der Waals surface area contributed by atoms with Gasteiger partial charge in [-0.1, -0.05) is 19.1 Å². The smallest absolute Gasteiger partial charge is 0.276 e. The molecule has 0 bridgehead atoms. The minimum absolute atomic E-state index is 0.0496. The summed E-state index contributed by atoms with van der Waals surface area (Å²) in [5.41, 5.74) is 1.18. The first-order valence-electron chi connectivity index (χ1n) is 8.28. The summed E-state index contributed by atoms with van der Waals surface area (Å²) in [6, 6.07) is 15.1. The maximum Gasteiger partial charge on any atom is 0.276 e.